The molecule has 0 saturated carbocycles. The topological polar surface area (TPSA) is 61.7 Å². The molecule has 4 heteroatoms. The number of ether oxygens (including phenoxy) is 1. The first-order chi connectivity index (χ1) is 7.97. The number of benzene rings is 1. The van der Waals surface area contributed by atoms with E-state index in [1.54, 1.807) is 13.8 Å². The summed E-state index contributed by atoms with van der Waals surface area (Å²) in [6.45, 7) is 4.51. The Bertz CT molecular complexity index is 308. The van der Waals surface area contributed by atoms with E-state index in [0.717, 1.165) is 5.75 Å². The molecule has 0 spiro atoms. The highest BCUT2D eigenvalue weighted by molar-refractivity contribution is 5.20. The summed E-state index contributed by atoms with van der Waals surface area (Å²) in [6.07, 6.45) is -0.586. The van der Waals surface area contributed by atoms with Gasteiger partial charge in [0.1, 0.15) is 18.5 Å². The standard InChI is InChI=1S/C13H21NO3/c1-13(2,16)10-14-8-11(15)9-17-12-6-4-3-5-7-12/h3-7,11,14-16H,8-10H2,1-2H3. The lowest BCUT2D eigenvalue weighted by Crippen LogP contribution is -2.40. The van der Waals surface area contributed by atoms with Gasteiger partial charge in [-0.2, -0.15) is 0 Å². The van der Waals surface area contributed by atoms with Crippen LogP contribution in [0, 0.1) is 0 Å². The first-order valence-corrected chi connectivity index (χ1v) is 5.76. The van der Waals surface area contributed by atoms with Gasteiger partial charge in [-0.3, -0.25) is 0 Å². The monoisotopic (exact) mass is 239 g/mol. The molecule has 0 aromatic heterocycles. The van der Waals surface area contributed by atoms with Crippen molar-refractivity contribution in [1.82, 2.24) is 5.32 Å². The third-order valence-electron chi connectivity index (χ3n) is 2.12. The molecule has 0 bridgehead atoms. The number of aliphatic hydroxyl groups excluding tert-OH is 1. The molecule has 1 aromatic carbocycles. The third-order valence-corrected chi connectivity index (χ3v) is 2.12. The number of aliphatic hydroxyl groups is 2. The van der Waals surface area contributed by atoms with E-state index in [1.807, 2.05) is 30.3 Å². The second-order valence-corrected chi connectivity index (χ2v) is 4.72. The van der Waals surface area contributed by atoms with E-state index in [4.69, 9.17) is 4.74 Å². The predicted molar refractivity (Wildman–Crippen MR) is 67.1 cm³/mol. The maximum absolute atomic E-state index is 9.64. The fourth-order valence-corrected chi connectivity index (χ4v) is 1.31. The van der Waals surface area contributed by atoms with Crippen molar-refractivity contribution in [3.63, 3.8) is 0 Å². The summed E-state index contributed by atoms with van der Waals surface area (Å²) in [5, 5.41) is 22.1. The van der Waals surface area contributed by atoms with Crippen LogP contribution in [0.3, 0.4) is 0 Å². The van der Waals surface area contributed by atoms with Gasteiger partial charge >= 0.3 is 0 Å². The molecule has 3 N–H and O–H groups in total. The van der Waals surface area contributed by atoms with Gasteiger partial charge in [0.05, 0.1) is 5.60 Å². The van der Waals surface area contributed by atoms with E-state index in [0.29, 0.717) is 13.1 Å². The van der Waals surface area contributed by atoms with Crippen LogP contribution in [0.5, 0.6) is 5.75 Å². The minimum atomic E-state index is -0.764. The zero-order chi connectivity index (χ0) is 12.7. The normalized spacial score (nSPS) is 13.4. The first-order valence-electron chi connectivity index (χ1n) is 5.76. The predicted octanol–water partition coefficient (Wildman–Crippen LogP) is 0.787. The van der Waals surface area contributed by atoms with E-state index >= 15 is 0 Å². The molecule has 0 aliphatic carbocycles. The Hall–Kier alpha value is -1.10. The Balaban J connectivity index is 2.15. The zero-order valence-electron chi connectivity index (χ0n) is 10.4. The van der Waals surface area contributed by atoms with Gasteiger partial charge in [0.2, 0.25) is 0 Å². The smallest absolute Gasteiger partial charge is 0.119 e. The van der Waals surface area contributed by atoms with Crippen LogP contribution in [0.4, 0.5) is 0 Å². The van der Waals surface area contributed by atoms with Crippen molar-refractivity contribution in [2.45, 2.75) is 25.6 Å². The molecule has 0 aliphatic heterocycles. The maximum atomic E-state index is 9.64. The van der Waals surface area contributed by atoms with Crippen molar-refractivity contribution >= 4 is 0 Å². The van der Waals surface area contributed by atoms with E-state index < -0.39 is 11.7 Å². The largest absolute Gasteiger partial charge is 0.491 e. The van der Waals surface area contributed by atoms with Crippen LogP contribution in [-0.4, -0.2) is 41.6 Å². The van der Waals surface area contributed by atoms with Gasteiger partial charge in [-0.1, -0.05) is 18.2 Å². The fourth-order valence-electron chi connectivity index (χ4n) is 1.31. The van der Waals surface area contributed by atoms with Gasteiger partial charge in [0, 0.05) is 13.1 Å². The van der Waals surface area contributed by atoms with Crippen molar-refractivity contribution in [3.05, 3.63) is 30.3 Å². The highest BCUT2D eigenvalue weighted by Gasteiger charge is 2.12. The molecule has 0 fully saturated rings. The number of nitrogens with one attached hydrogen (secondary N) is 1. The molecular formula is C13H21NO3. The van der Waals surface area contributed by atoms with E-state index in [2.05, 4.69) is 5.32 Å². The molecule has 1 rings (SSSR count). The van der Waals surface area contributed by atoms with Crippen molar-refractivity contribution in [1.29, 1.82) is 0 Å². The molecule has 0 radical (unpaired) electrons. The molecule has 0 aliphatic rings. The van der Waals surface area contributed by atoms with Crippen molar-refractivity contribution in [3.8, 4) is 5.75 Å². The summed E-state index contributed by atoms with van der Waals surface area (Å²) < 4.78 is 5.40. The van der Waals surface area contributed by atoms with Crippen LogP contribution in [0.2, 0.25) is 0 Å². The Morgan fingerprint density at radius 2 is 1.94 bits per heavy atom. The average molecular weight is 239 g/mol. The summed E-state index contributed by atoms with van der Waals surface area (Å²) in [6, 6.07) is 9.37. The first kappa shape index (κ1) is 14.0. The molecule has 17 heavy (non-hydrogen) atoms. The van der Waals surface area contributed by atoms with Crippen LogP contribution in [-0.2, 0) is 0 Å². The number of para-hydroxylation sites is 1. The average Bonchev–Trinajstić information content (AvgIpc) is 2.26. The number of rotatable bonds is 7. The summed E-state index contributed by atoms with van der Waals surface area (Å²) in [7, 11) is 0. The van der Waals surface area contributed by atoms with Gasteiger partial charge in [-0.05, 0) is 26.0 Å². The lowest BCUT2D eigenvalue weighted by molar-refractivity contribution is 0.0665. The van der Waals surface area contributed by atoms with E-state index in [-0.39, 0.29) is 6.61 Å². The minimum Gasteiger partial charge on any atom is -0.491 e. The minimum absolute atomic E-state index is 0.239. The van der Waals surface area contributed by atoms with Gasteiger partial charge < -0.3 is 20.3 Å². The molecule has 1 aromatic rings. The lowest BCUT2D eigenvalue weighted by Gasteiger charge is -2.19. The molecule has 0 amide bonds. The Kier molecular flexibility index (Phi) is 5.41. The number of hydrogen-bond acceptors (Lipinski definition) is 4. The quantitative estimate of drug-likeness (QED) is 0.658. The molecule has 0 heterocycles. The van der Waals surface area contributed by atoms with Crippen molar-refractivity contribution in [2.75, 3.05) is 19.7 Å². The molecule has 1 atom stereocenters. The van der Waals surface area contributed by atoms with Crippen LogP contribution in [0.15, 0.2) is 30.3 Å². The summed E-state index contributed by atoms with van der Waals surface area (Å²) in [4.78, 5) is 0. The second-order valence-electron chi connectivity index (χ2n) is 4.72. The summed E-state index contributed by atoms with van der Waals surface area (Å²) >= 11 is 0. The van der Waals surface area contributed by atoms with Crippen LogP contribution >= 0.6 is 0 Å². The highest BCUT2D eigenvalue weighted by atomic mass is 16.5. The van der Waals surface area contributed by atoms with Gasteiger partial charge in [-0.25, -0.2) is 0 Å². The highest BCUT2D eigenvalue weighted by Crippen LogP contribution is 2.08. The SMILES string of the molecule is CC(C)(O)CNCC(O)COc1ccccc1. The Morgan fingerprint density at radius 3 is 2.53 bits per heavy atom. The third kappa shape index (κ3) is 6.94. The Morgan fingerprint density at radius 1 is 1.29 bits per heavy atom. The van der Waals surface area contributed by atoms with Gasteiger partial charge in [0.25, 0.3) is 0 Å². The summed E-state index contributed by atoms with van der Waals surface area (Å²) in [5.41, 5.74) is -0.764. The van der Waals surface area contributed by atoms with Gasteiger partial charge in [0.15, 0.2) is 0 Å². The van der Waals surface area contributed by atoms with Crippen molar-refractivity contribution < 1.29 is 14.9 Å². The van der Waals surface area contributed by atoms with Crippen LogP contribution in [0.1, 0.15) is 13.8 Å². The van der Waals surface area contributed by atoms with Crippen molar-refractivity contribution in [2.24, 2.45) is 0 Å². The fraction of sp³-hybridized carbons (Fsp3) is 0.538. The summed E-state index contributed by atoms with van der Waals surface area (Å²) in [5.74, 6) is 0.744. The van der Waals surface area contributed by atoms with Crippen LogP contribution in [0.25, 0.3) is 0 Å². The van der Waals surface area contributed by atoms with Gasteiger partial charge in [-0.15, -0.1) is 0 Å². The number of hydrogen-bond donors (Lipinski definition) is 3. The zero-order valence-corrected chi connectivity index (χ0v) is 10.4. The molecular weight excluding hydrogens is 218 g/mol. The van der Waals surface area contributed by atoms with E-state index in [1.165, 1.54) is 0 Å². The second kappa shape index (κ2) is 6.59. The molecule has 1 unspecified atom stereocenters. The Labute approximate surface area is 102 Å². The van der Waals surface area contributed by atoms with Crippen LogP contribution < -0.4 is 10.1 Å². The van der Waals surface area contributed by atoms with E-state index in [9.17, 15) is 10.2 Å². The maximum Gasteiger partial charge on any atom is 0.119 e. The molecule has 0 saturated heterocycles. The molecule has 4 nitrogen and oxygen atoms in total. The molecule has 96 valence electrons. The lowest BCUT2D eigenvalue weighted by atomic mass is 10.1.